The predicted octanol–water partition coefficient (Wildman–Crippen LogP) is 3.08. The van der Waals surface area contributed by atoms with Crippen molar-refractivity contribution in [2.24, 2.45) is 0 Å². The fraction of sp³-hybridized carbons (Fsp3) is 0.389. The lowest BCUT2D eigenvalue weighted by Gasteiger charge is -2.22. The SMILES string of the molecule is CC(C)(C)NCC(O)c1ccc(OCc2ccccc2)cn1. The molecular weight excluding hydrogens is 276 g/mol. The Hall–Kier alpha value is -1.91. The van der Waals surface area contributed by atoms with Gasteiger partial charge >= 0.3 is 0 Å². The van der Waals surface area contributed by atoms with E-state index in [0.717, 1.165) is 5.56 Å². The van der Waals surface area contributed by atoms with E-state index < -0.39 is 6.10 Å². The van der Waals surface area contributed by atoms with Gasteiger partial charge in [-0.15, -0.1) is 0 Å². The summed E-state index contributed by atoms with van der Waals surface area (Å²) in [6.07, 6.45) is 1.03. The van der Waals surface area contributed by atoms with Crippen molar-refractivity contribution in [3.63, 3.8) is 0 Å². The normalized spacial score (nSPS) is 12.9. The van der Waals surface area contributed by atoms with Gasteiger partial charge < -0.3 is 15.2 Å². The fourth-order valence-electron chi connectivity index (χ4n) is 1.92. The number of nitrogens with one attached hydrogen (secondary N) is 1. The molecule has 0 aliphatic heterocycles. The van der Waals surface area contributed by atoms with Crippen LogP contribution in [-0.4, -0.2) is 22.2 Å². The van der Waals surface area contributed by atoms with E-state index in [4.69, 9.17) is 4.74 Å². The molecule has 22 heavy (non-hydrogen) atoms. The van der Waals surface area contributed by atoms with E-state index >= 15 is 0 Å². The van der Waals surface area contributed by atoms with Crippen molar-refractivity contribution in [2.75, 3.05) is 6.54 Å². The smallest absolute Gasteiger partial charge is 0.138 e. The van der Waals surface area contributed by atoms with Crippen LogP contribution in [0.25, 0.3) is 0 Å². The lowest BCUT2D eigenvalue weighted by Crippen LogP contribution is -2.38. The van der Waals surface area contributed by atoms with Crippen molar-refractivity contribution >= 4 is 0 Å². The number of nitrogens with zero attached hydrogens (tertiary/aromatic N) is 1. The molecular formula is C18H24N2O2. The zero-order chi connectivity index (χ0) is 16.0. The molecule has 1 atom stereocenters. The van der Waals surface area contributed by atoms with Crippen LogP contribution in [0.2, 0.25) is 0 Å². The molecule has 0 radical (unpaired) electrons. The molecule has 0 amide bonds. The second-order valence-corrected chi connectivity index (χ2v) is 6.34. The number of ether oxygens (including phenoxy) is 1. The molecule has 0 saturated heterocycles. The Balaban J connectivity index is 1.87. The van der Waals surface area contributed by atoms with Crippen LogP contribution in [-0.2, 0) is 6.61 Å². The second-order valence-electron chi connectivity index (χ2n) is 6.34. The molecule has 2 rings (SSSR count). The lowest BCUT2D eigenvalue weighted by molar-refractivity contribution is 0.158. The number of rotatable bonds is 6. The zero-order valence-electron chi connectivity index (χ0n) is 13.4. The summed E-state index contributed by atoms with van der Waals surface area (Å²) in [5, 5.41) is 13.4. The van der Waals surface area contributed by atoms with Crippen LogP contribution in [0.4, 0.5) is 0 Å². The lowest BCUT2D eigenvalue weighted by atomic mass is 10.1. The van der Waals surface area contributed by atoms with Gasteiger partial charge in [0.05, 0.1) is 11.9 Å². The van der Waals surface area contributed by atoms with Gasteiger partial charge in [0.25, 0.3) is 0 Å². The Morgan fingerprint density at radius 2 is 1.86 bits per heavy atom. The minimum atomic E-state index is -0.623. The minimum absolute atomic E-state index is 0.0281. The maximum atomic E-state index is 10.1. The monoisotopic (exact) mass is 300 g/mol. The van der Waals surface area contributed by atoms with Gasteiger partial charge in [-0.25, -0.2) is 0 Å². The van der Waals surface area contributed by atoms with Crippen LogP contribution < -0.4 is 10.1 Å². The van der Waals surface area contributed by atoms with Gasteiger partial charge in [0.15, 0.2) is 0 Å². The van der Waals surface area contributed by atoms with E-state index in [0.29, 0.717) is 24.6 Å². The van der Waals surface area contributed by atoms with Gasteiger partial charge in [-0.2, -0.15) is 0 Å². The standard InChI is InChI=1S/C18H24N2O2/c1-18(2,3)20-12-17(21)16-10-9-15(11-19-16)22-13-14-7-5-4-6-8-14/h4-11,17,20-21H,12-13H2,1-3H3. The molecule has 0 saturated carbocycles. The van der Waals surface area contributed by atoms with Crippen LogP contribution in [0.15, 0.2) is 48.7 Å². The van der Waals surface area contributed by atoms with Gasteiger partial charge in [-0.05, 0) is 38.5 Å². The quantitative estimate of drug-likeness (QED) is 0.861. The molecule has 2 aromatic rings. The molecule has 0 spiro atoms. The maximum absolute atomic E-state index is 10.1. The third-order valence-electron chi connectivity index (χ3n) is 3.17. The number of hydrogen-bond donors (Lipinski definition) is 2. The van der Waals surface area contributed by atoms with Gasteiger partial charge in [-0.3, -0.25) is 4.98 Å². The molecule has 1 aromatic heterocycles. The Kier molecular flexibility index (Phi) is 5.52. The van der Waals surface area contributed by atoms with Crippen LogP contribution >= 0.6 is 0 Å². The highest BCUT2D eigenvalue weighted by molar-refractivity contribution is 5.22. The van der Waals surface area contributed by atoms with E-state index in [1.807, 2.05) is 36.4 Å². The fourth-order valence-corrected chi connectivity index (χ4v) is 1.92. The number of aliphatic hydroxyl groups is 1. The summed E-state index contributed by atoms with van der Waals surface area (Å²) in [4.78, 5) is 4.28. The first-order valence-corrected chi connectivity index (χ1v) is 7.50. The van der Waals surface area contributed by atoms with Gasteiger partial charge in [0.2, 0.25) is 0 Å². The van der Waals surface area contributed by atoms with Gasteiger partial charge in [-0.1, -0.05) is 30.3 Å². The number of hydrogen-bond acceptors (Lipinski definition) is 4. The number of β-amino-alcohol motifs (C(OH)–C–C–N with tert-alkyl or cyclic N) is 1. The molecule has 0 aliphatic carbocycles. The third-order valence-corrected chi connectivity index (χ3v) is 3.17. The topological polar surface area (TPSA) is 54.4 Å². The summed E-state index contributed by atoms with van der Waals surface area (Å²) in [5.41, 5.74) is 1.73. The summed E-state index contributed by atoms with van der Waals surface area (Å²) in [5.74, 6) is 0.698. The van der Waals surface area contributed by atoms with Crippen molar-refractivity contribution in [3.05, 3.63) is 59.9 Å². The Morgan fingerprint density at radius 3 is 2.45 bits per heavy atom. The second kappa shape index (κ2) is 7.38. The summed E-state index contributed by atoms with van der Waals surface area (Å²) in [6, 6.07) is 13.6. The van der Waals surface area contributed by atoms with Gasteiger partial charge in [0, 0.05) is 12.1 Å². The van der Waals surface area contributed by atoms with Crippen LogP contribution in [0.5, 0.6) is 5.75 Å². The first-order valence-electron chi connectivity index (χ1n) is 7.50. The first kappa shape index (κ1) is 16.5. The van der Waals surface area contributed by atoms with E-state index in [9.17, 15) is 5.11 Å². The summed E-state index contributed by atoms with van der Waals surface area (Å²) in [6.45, 7) is 7.17. The highest BCUT2D eigenvalue weighted by Gasteiger charge is 2.14. The average Bonchev–Trinajstić information content (AvgIpc) is 2.51. The molecule has 1 heterocycles. The Bertz CT molecular complexity index is 562. The summed E-state index contributed by atoms with van der Waals surface area (Å²) < 4.78 is 5.68. The first-order chi connectivity index (χ1) is 10.4. The molecule has 0 fully saturated rings. The van der Waals surface area contributed by atoms with Crippen LogP contribution in [0.3, 0.4) is 0 Å². The molecule has 4 heteroatoms. The predicted molar refractivity (Wildman–Crippen MR) is 87.7 cm³/mol. The van der Waals surface area contributed by atoms with E-state index in [-0.39, 0.29) is 5.54 Å². The molecule has 0 aliphatic rings. The van der Waals surface area contributed by atoms with E-state index in [1.54, 1.807) is 12.3 Å². The third kappa shape index (κ3) is 5.47. The van der Waals surface area contributed by atoms with Crippen molar-refractivity contribution in [1.82, 2.24) is 10.3 Å². The highest BCUT2D eigenvalue weighted by Crippen LogP contribution is 2.16. The van der Waals surface area contributed by atoms with Crippen molar-refractivity contribution in [2.45, 2.75) is 39.0 Å². The van der Waals surface area contributed by atoms with E-state index in [2.05, 4.69) is 31.1 Å². The largest absolute Gasteiger partial charge is 0.487 e. The molecule has 118 valence electrons. The van der Waals surface area contributed by atoms with Crippen molar-refractivity contribution in [1.29, 1.82) is 0 Å². The number of pyridine rings is 1. The average molecular weight is 300 g/mol. The minimum Gasteiger partial charge on any atom is -0.487 e. The zero-order valence-corrected chi connectivity index (χ0v) is 13.4. The van der Waals surface area contributed by atoms with Crippen LogP contribution in [0, 0.1) is 0 Å². The molecule has 0 bridgehead atoms. The number of aliphatic hydroxyl groups excluding tert-OH is 1. The number of aromatic nitrogens is 1. The van der Waals surface area contributed by atoms with Crippen molar-refractivity contribution in [3.8, 4) is 5.75 Å². The Morgan fingerprint density at radius 1 is 1.14 bits per heavy atom. The van der Waals surface area contributed by atoms with E-state index in [1.165, 1.54) is 0 Å². The number of benzene rings is 1. The summed E-state index contributed by atoms with van der Waals surface area (Å²) >= 11 is 0. The molecule has 2 N–H and O–H groups in total. The van der Waals surface area contributed by atoms with Crippen molar-refractivity contribution < 1.29 is 9.84 Å². The molecule has 1 aromatic carbocycles. The van der Waals surface area contributed by atoms with Gasteiger partial charge in [0.1, 0.15) is 18.5 Å². The Labute approximate surface area is 132 Å². The maximum Gasteiger partial charge on any atom is 0.138 e. The highest BCUT2D eigenvalue weighted by atomic mass is 16.5. The summed E-state index contributed by atoms with van der Waals surface area (Å²) in [7, 11) is 0. The molecule has 4 nitrogen and oxygen atoms in total. The molecule has 1 unspecified atom stereocenters. The van der Waals surface area contributed by atoms with Crippen LogP contribution in [0.1, 0.15) is 38.1 Å².